The Balaban J connectivity index is 1.67. The highest BCUT2D eigenvalue weighted by molar-refractivity contribution is 6.08. The average Bonchev–Trinajstić information content (AvgIpc) is 3.16. The number of hydrogen-bond donors (Lipinski definition) is 2. The molecule has 1 amide bonds. The first-order valence-corrected chi connectivity index (χ1v) is 10.4. The maximum Gasteiger partial charge on any atom is 0.280 e. The standard InChI is InChI=1S/C22H25F2N5O2/c1-13(2)31-19-11-18-14(12-29(28-18)15-6-8-25-9-7-15)10-16(19)22(30)27-20-5-3-4-17(26-20)21(23)24/h3-5,10-13,15,21,25H,6-9H2,1-2H3,(H,26,27,30). The van der Waals surface area contributed by atoms with Gasteiger partial charge in [-0.3, -0.25) is 9.48 Å². The Kier molecular flexibility index (Phi) is 6.13. The molecule has 2 aromatic heterocycles. The van der Waals surface area contributed by atoms with Crippen molar-refractivity contribution in [3.63, 3.8) is 0 Å². The topological polar surface area (TPSA) is 81.1 Å². The molecule has 2 N–H and O–H groups in total. The number of halogens is 2. The van der Waals surface area contributed by atoms with Gasteiger partial charge < -0.3 is 15.4 Å². The number of ether oxygens (including phenoxy) is 1. The zero-order valence-corrected chi connectivity index (χ0v) is 17.4. The summed E-state index contributed by atoms with van der Waals surface area (Å²) in [6, 6.07) is 7.91. The smallest absolute Gasteiger partial charge is 0.280 e. The van der Waals surface area contributed by atoms with Crippen molar-refractivity contribution in [2.75, 3.05) is 18.4 Å². The summed E-state index contributed by atoms with van der Waals surface area (Å²) in [5.74, 6) is -0.0320. The fraction of sp³-hybridized carbons (Fsp3) is 0.409. The molecule has 1 saturated heterocycles. The molecular formula is C22H25F2N5O2. The molecule has 1 aromatic carbocycles. The summed E-state index contributed by atoms with van der Waals surface area (Å²) in [5, 5.41) is 11.5. The lowest BCUT2D eigenvalue weighted by atomic mass is 10.1. The van der Waals surface area contributed by atoms with E-state index in [4.69, 9.17) is 9.84 Å². The molecule has 31 heavy (non-hydrogen) atoms. The summed E-state index contributed by atoms with van der Waals surface area (Å²) in [7, 11) is 0. The molecule has 3 aromatic rings. The predicted octanol–water partition coefficient (Wildman–Crippen LogP) is 4.33. The predicted molar refractivity (Wildman–Crippen MR) is 114 cm³/mol. The number of benzene rings is 1. The maximum atomic E-state index is 13.0. The number of hydrogen-bond acceptors (Lipinski definition) is 5. The van der Waals surface area contributed by atoms with Crippen molar-refractivity contribution in [3.8, 4) is 5.75 Å². The molecule has 0 aliphatic carbocycles. The van der Waals surface area contributed by atoms with Gasteiger partial charge in [0.15, 0.2) is 0 Å². The Morgan fingerprint density at radius 3 is 2.74 bits per heavy atom. The number of nitrogens with one attached hydrogen (secondary N) is 2. The zero-order valence-electron chi connectivity index (χ0n) is 17.4. The van der Waals surface area contributed by atoms with Crippen LogP contribution in [0.4, 0.5) is 14.6 Å². The number of alkyl halides is 2. The van der Waals surface area contributed by atoms with Gasteiger partial charge in [0.2, 0.25) is 0 Å². The van der Waals surface area contributed by atoms with Crippen LogP contribution in [-0.2, 0) is 0 Å². The van der Waals surface area contributed by atoms with Crippen molar-refractivity contribution in [3.05, 3.63) is 47.8 Å². The van der Waals surface area contributed by atoms with E-state index in [0.717, 1.165) is 36.8 Å². The van der Waals surface area contributed by atoms with E-state index >= 15 is 0 Å². The van der Waals surface area contributed by atoms with Gasteiger partial charge in [-0.05, 0) is 58.0 Å². The van der Waals surface area contributed by atoms with E-state index < -0.39 is 18.0 Å². The van der Waals surface area contributed by atoms with Gasteiger partial charge in [0.25, 0.3) is 12.3 Å². The highest BCUT2D eigenvalue weighted by Gasteiger charge is 2.21. The fourth-order valence-corrected chi connectivity index (χ4v) is 3.69. The van der Waals surface area contributed by atoms with Crippen molar-refractivity contribution in [2.24, 2.45) is 0 Å². The zero-order chi connectivity index (χ0) is 22.0. The summed E-state index contributed by atoms with van der Waals surface area (Å²) in [6.07, 6.45) is 1.05. The largest absolute Gasteiger partial charge is 0.490 e. The van der Waals surface area contributed by atoms with Gasteiger partial charge in [0.1, 0.15) is 17.3 Å². The Hall–Kier alpha value is -3.07. The van der Waals surface area contributed by atoms with E-state index in [2.05, 4.69) is 15.6 Å². The first-order chi connectivity index (χ1) is 14.9. The molecular weight excluding hydrogens is 404 g/mol. The summed E-state index contributed by atoms with van der Waals surface area (Å²) in [5.41, 5.74) is 0.647. The molecule has 7 nitrogen and oxygen atoms in total. The highest BCUT2D eigenvalue weighted by atomic mass is 19.3. The van der Waals surface area contributed by atoms with E-state index in [-0.39, 0.29) is 11.9 Å². The van der Waals surface area contributed by atoms with Crippen LogP contribution in [0.5, 0.6) is 5.75 Å². The van der Waals surface area contributed by atoms with E-state index in [1.165, 1.54) is 18.2 Å². The number of carbonyl (C=O) groups is 1. The molecule has 3 heterocycles. The second-order valence-corrected chi connectivity index (χ2v) is 7.87. The van der Waals surface area contributed by atoms with Gasteiger partial charge in [0.05, 0.1) is 23.2 Å². The van der Waals surface area contributed by atoms with Crippen molar-refractivity contribution >= 4 is 22.6 Å². The highest BCUT2D eigenvalue weighted by Crippen LogP contribution is 2.29. The molecule has 1 aliphatic heterocycles. The second-order valence-electron chi connectivity index (χ2n) is 7.87. The lowest BCUT2D eigenvalue weighted by Gasteiger charge is -2.22. The number of aromatic nitrogens is 3. The minimum absolute atomic E-state index is 0.0591. The van der Waals surface area contributed by atoms with Crippen LogP contribution in [0.2, 0.25) is 0 Å². The van der Waals surface area contributed by atoms with Crippen molar-refractivity contribution in [2.45, 2.75) is 45.3 Å². The summed E-state index contributed by atoms with van der Waals surface area (Å²) < 4.78 is 33.7. The molecule has 0 bridgehead atoms. The summed E-state index contributed by atoms with van der Waals surface area (Å²) in [4.78, 5) is 16.8. The average molecular weight is 429 g/mol. The van der Waals surface area contributed by atoms with Crippen LogP contribution >= 0.6 is 0 Å². The van der Waals surface area contributed by atoms with Crippen LogP contribution < -0.4 is 15.4 Å². The third-order valence-corrected chi connectivity index (χ3v) is 5.15. The Morgan fingerprint density at radius 1 is 1.26 bits per heavy atom. The molecule has 0 saturated carbocycles. The van der Waals surface area contributed by atoms with Crippen LogP contribution in [-0.4, -0.2) is 39.9 Å². The normalized spacial score (nSPS) is 15.0. The molecule has 0 atom stereocenters. The van der Waals surface area contributed by atoms with E-state index in [9.17, 15) is 13.6 Å². The van der Waals surface area contributed by atoms with E-state index in [1.54, 1.807) is 12.1 Å². The van der Waals surface area contributed by atoms with Gasteiger partial charge in [0, 0.05) is 17.6 Å². The molecule has 1 fully saturated rings. The van der Waals surface area contributed by atoms with Crippen LogP contribution in [0, 0.1) is 0 Å². The van der Waals surface area contributed by atoms with Gasteiger partial charge in [-0.2, -0.15) is 5.10 Å². The SMILES string of the molecule is CC(C)Oc1cc2nn(C3CCNCC3)cc2cc1C(=O)Nc1cccc(C(F)F)n1. The monoisotopic (exact) mass is 429 g/mol. The molecule has 164 valence electrons. The van der Waals surface area contributed by atoms with Gasteiger partial charge in [-0.25, -0.2) is 13.8 Å². The molecule has 0 spiro atoms. The van der Waals surface area contributed by atoms with E-state index in [0.29, 0.717) is 17.4 Å². The third kappa shape index (κ3) is 4.82. The van der Waals surface area contributed by atoms with Gasteiger partial charge in [-0.1, -0.05) is 6.07 Å². The molecule has 4 rings (SSSR count). The number of amides is 1. The lowest BCUT2D eigenvalue weighted by molar-refractivity contribution is 0.102. The quantitative estimate of drug-likeness (QED) is 0.610. The van der Waals surface area contributed by atoms with Crippen molar-refractivity contribution in [1.29, 1.82) is 0 Å². The number of anilines is 1. The molecule has 9 heteroatoms. The second kappa shape index (κ2) is 8.97. The van der Waals surface area contributed by atoms with Crippen molar-refractivity contribution in [1.82, 2.24) is 20.1 Å². The van der Waals surface area contributed by atoms with E-state index in [1.807, 2.05) is 24.7 Å². The van der Waals surface area contributed by atoms with Crippen LogP contribution in [0.25, 0.3) is 10.9 Å². The number of fused-ring (bicyclic) bond motifs is 1. The molecule has 0 radical (unpaired) electrons. The summed E-state index contributed by atoms with van der Waals surface area (Å²) in [6.45, 7) is 5.63. The first-order valence-electron chi connectivity index (χ1n) is 10.4. The van der Waals surface area contributed by atoms with Crippen LogP contribution in [0.1, 0.15) is 55.2 Å². The Morgan fingerprint density at radius 2 is 2.03 bits per heavy atom. The van der Waals surface area contributed by atoms with Crippen LogP contribution in [0.15, 0.2) is 36.5 Å². The number of pyridine rings is 1. The fourth-order valence-electron chi connectivity index (χ4n) is 3.69. The minimum Gasteiger partial charge on any atom is -0.490 e. The molecule has 1 aliphatic rings. The lowest BCUT2D eigenvalue weighted by Crippen LogP contribution is -2.29. The van der Waals surface area contributed by atoms with Crippen LogP contribution in [0.3, 0.4) is 0 Å². The first kappa shape index (κ1) is 21.2. The number of piperidine rings is 1. The number of nitrogens with zero attached hydrogens (tertiary/aromatic N) is 3. The Bertz CT molecular complexity index is 1080. The van der Waals surface area contributed by atoms with Gasteiger partial charge >= 0.3 is 0 Å². The number of carbonyl (C=O) groups excluding carboxylic acids is 1. The molecule has 0 unspecified atom stereocenters. The summed E-state index contributed by atoms with van der Waals surface area (Å²) >= 11 is 0. The Labute approximate surface area is 178 Å². The minimum atomic E-state index is -2.71. The number of rotatable bonds is 6. The van der Waals surface area contributed by atoms with Gasteiger partial charge in [-0.15, -0.1) is 0 Å². The maximum absolute atomic E-state index is 13.0. The third-order valence-electron chi connectivity index (χ3n) is 5.15. The van der Waals surface area contributed by atoms with Crippen molar-refractivity contribution < 1.29 is 18.3 Å².